The highest BCUT2D eigenvalue weighted by atomic mass is 28.4. The van der Waals surface area contributed by atoms with Gasteiger partial charge in [0.25, 0.3) is 0 Å². The Kier molecular flexibility index (Phi) is 6.94. The van der Waals surface area contributed by atoms with E-state index < -0.39 is 32.7 Å². The van der Waals surface area contributed by atoms with E-state index in [0.29, 0.717) is 13.0 Å². The van der Waals surface area contributed by atoms with Crippen LogP contribution in [0.2, 0.25) is 23.9 Å². The predicted octanol–water partition coefficient (Wildman–Crippen LogP) is 5.59. The van der Waals surface area contributed by atoms with Crippen LogP contribution in [-0.4, -0.2) is 38.4 Å². The first kappa shape index (κ1) is 23.6. The summed E-state index contributed by atoms with van der Waals surface area (Å²) in [6, 6.07) is 9.77. The fourth-order valence-electron chi connectivity index (χ4n) is 3.07. The van der Waals surface area contributed by atoms with Crippen LogP contribution < -0.4 is 0 Å². The SMILES string of the molecule is CC1(C)OB([C@H](CCO[Si](C)(C)C(C)(C)C)[C@@H](O)c2ccccc2)OC1(C)C. The quantitative estimate of drug-likeness (QED) is 0.600. The summed E-state index contributed by atoms with van der Waals surface area (Å²) in [6.07, 6.45) is 0.0123. The standard InChI is InChI=1S/C22H39BO4Si/c1-20(2,3)28(8,9)25-16-15-18(19(24)17-13-11-10-12-14-17)23-26-21(4,5)22(6,7)27-23/h10-14,18-19,24H,15-16H2,1-9H3/t18-,19+/m1/s1. The monoisotopic (exact) mass is 406 g/mol. The van der Waals surface area contributed by atoms with Crippen molar-refractivity contribution >= 4 is 15.4 Å². The Balaban J connectivity index is 2.18. The molecule has 0 unspecified atom stereocenters. The van der Waals surface area contributed by atoms with Gasteiger partial charge >= 0.3 is 7.12 Å². The Morgan fingerprint density at radius 1 is 1.04 bits per heavy atom. The van der Waals surface area contributed by atoms with E-state index in [1.807, 2.05) is 58.0 Å². The van der Waals surface area contributed by atoms with E-state index in [1.165, 1.54) is 0 Å². The molecule has 1 N–H and O–H groups in total. The second-order valence-corrected chi connectivity index (χ2v) is 15.4. The Morgan fingerprint density at radius 3 is 2.00 bits per heavy atom. The van der Waals surface area contributed by atoms with Crippen LogP contribution in [0, 0.1) is 0 Å². The number of aliphatic hydroxyl groups excluding tert-OH is 1. The number of benzene rings is 1. The zero-order valence-electron chi connectivity index (χ0n) is 19.2. The molecule has 0 aliphatic carbocycles. The van der Waals surface area contributed by atoms with Crippen LogP contribution in [0.3, 0.4) is 0 Å². The van der Waals surface area contributed by atoms with Gasteiger partial charge in [-0.1, -0.05) is 51.1 Å². The van der Waals surface area contributed by atoms with Crippen LogP contribution in [0.1, 0.15) is 66.6 Å². The van der Waals surface area contributed by atoms with Crippen molar-refractivity contribution < 1.29 is 18.8 Å². The lowest BCUT2D eigenvalue weighted by molar-refractivity contribution is 0.00578. The van der Waals surface area contributed by atoms with Crippen molar-refractivity contribution in [3.8, 4) is 0 Å². The molecule has 6 heteroatoms. The maximum Gasteiger partial charge on any atom is 0.464 e. The molecule has 0 amide bonds. The summed E-state index contributed by atoms with van der Waals surface area (Å²) < 4.78 is 19.0. The van der Waals surface area contributed by atoms with Crippen molar-refractivity contribution in [2.45, 2.75) is 96.1 Å². The van der Waals surface area contributed by atoms with Gasteiger partial charge in [-0.2, -0.15) is 0 Å². The van der Waals surface area contributed by atoms with Crippen molar-refractivity contribution in [2.75, 3.05) is 6.61 Å². The first-order valence-electron chi connectivity index (χ1n) is 10.4. The summed E-state index contributed by atoms with van der Waals surface area (Å²) in [5.41, 5.74) is 0.0358. The Morgan fingerprint density at radius 2 is 1.54 bits per heavy atom. The lowest BCUT2D eigenvalue weighted by Crippen LogP contribution is -2.41. The molecule has 0 spiro atoms. The number of rotatable bonds is 7. The van der Waals surface area contributed by atoms with Gasteiger partial charge in [0.15, 0.2) is 8.32 Å². The molecule has 1 aliphatic heterocycles. The molecule has 28 heavy (non-hydrogen) atoms. The van der Waals surface area contributed by atoms with Gasteiger partial charge in [0, 0.05) is 12.4 Å². The zero-order chi connectivity index (χ0) is 21.4. The van der Waals surface area contributed by atoms with Gasteiger partial charge in [0.1, 0.15) is 0 Å². The molecule has 1 saturated heterocycles. The lowest BCUT2D eigenvalue weighted by Gasteiger charge is -2.37. The van der Waals surface area contributed by atoms with E-state index in [4.69, 9.17) is 13.7 Å². The number of hydrogen-bond donors (Lipinski definition) is 1. The molecule has 1 aromatic carbocycles. The van der Waals surface area contributed by atoms with E-state index in [9.17, 15) is 5.11 Å². The molecule has 2 atom stereocenters. The van der Waals surface area contributed by atoms with E-state index in [1.54, 1.807) is 0 Å². The van der Waals surface area contributed by atoms with E-state index in [0.717, 1.165) is 5.56 Å². The van der Waals surface area contributed by atoms with Gasteiger partial charge < -0.3 is 18.8 Å². The minimum absolute atomic E-state index is 0.158. The second kappa shape index (κ2) is 8.23. The molecule has 158 valence electrons. The van der Waals surface area contributed by atoms with Crippen LogP contribution >= 0.6 is 0 Å². The Bertz CT molecular complexity index is 624. The highest BCUT2D eigenvalue weighted by Gasteiger charge is 2.55. The molecule has 0 radical (unpaired) electrons. The maximum atomic E-state index is 11.2. The third kappa shape index (κ3) is 5.08. The van der Waals surface area contributed by atoms with E-state index in [2.05, 4.69) is 33.9 Å². The highest BCUT2D eigenvalue weighted by molar-refractivity contribution is 6.74. The van der Waals surface area contributed by atoms with Crippen molar-refractivity contribution in [3.63, 3.8) is 0 Å². The average Bonchev–Trinajstić information content (AvgIpc) is 2.78. The van der Waals surface area contributed by atoms with Crippen LogP contribution in [-0.2, 0) is 13.7 Å². The number of aliphatic hydroxyl groups is 1. The van der Waals surface area contributed by atoms with E-state index >= 15 is 0 Å². The van der Waals surface area contributed by atoms with Crippen LogP contribution in [0.4, 0.5) is 0 Å². The van der Waals surface area contributed by atoms with Crippen LogP contribution in [0.5, 0.6) is 0 Å². The molecule has 1 aromatic rings. The molecule has 1 fully saturated rings. The lowest BCUT2D eigenvalue weighted by atomic mass is 9.65. The first-order valence-corrected chi connectivity index (χ1v) is 13.3. The van der Waals surface area contributed by atoms with Crippen LogP contribution in [0.25, 0.3) is 0 Å². The summed E-state index contributed by atoms with van der Waals surface area (Å²) in [4.78, 5) is 0. The van der Waals surface area contributed by atoms with Crippen molar-refractivity contribution in [3.05, 3.63) is 35.9 Å². The summed E-state index contributed by atoms with van der Waals surface area (Å²) in [6.45, 7) is 20.0. The molecule has 2 rings (SSSR count). The van der Waals surface area contributed by atoms with Gasteiger partial charge in [0.2, 0.25) is 0 Å². The third-order valence-corrected chi connectivity index (χ3v) is 11.4. The minimum atomic E-state index is -1.85. The van der Waals surface area contributed by atoms with Gasteiger partial charge in [-0.3, -0.25) is 0 Å². The smallest absolute Gasteiger partial charge is 0.417 e. The zero-order valence-corrected chi connectivity index (χ0v) is 20.2. The Hall–Kier alpha value is -0.658. The molecule has 0 aromatic heterocycles. The summed E-state index contributed by atoms with van der Waals surface area (Å²) in [5.74, 6) is -0.201. The summed E-state index contributed by atoms with van der Waals surface area (Å²) in [5, 5.41) is 11.3. The third-order valence-electron chi connectivity index (χ3n) is 6.89. The minimum Gasteiger partial charge on any atom is -0.417 e. The molecule has 4 nitrogen and oxygen atoms in total. The fourth-order valence-corrected chi connectivity index (χ4v) is 4.13. The first-order chi connectivity index (χ1) is 12.7. The highest BCUT2D eigenvalue weighted by Crippen LogP contribution is 2.45. The summed E-state index contributed by atoms with van der Waals surface area (Å²) >= 11 is 0. The van der Waals surface area contributed by atoms with Crippen molar-refractivity contribution in [1.29, 1.82) is 0 Å². The van der Waals surface area contributed by atoms with E-state index in [-0.39, 0.29) is 10.9 Å². The molecular weight excluding hydrogens is 367 g/mol. The van der Waals surface area contributed by atoms with Gasteiger partial charge in [0.05, 0.1) is 17.3 Å². The van der Waals surface area contributed by atoms with Crippen LogP contribution in [0.15, 0.2) is 30.3 Å². The topological polar surface area (TPSA) is 47.9 Å². The summed E-state index contributed by atoms with van der Waals surface area (Å²) in [7, 11) is -2.31. The predicted molar refractivity (Wildman–Crippen MR) is 119 cm³/mol. The normalized spacial score (nSPS) is 21.6. The van der Waals surface area contributed by atoms with Crippen molar-refractivity contribution in [1.82, 2.24) is 0 Å². The second-order valence-electron chi connectivity index (χ2n) is 10.5. The largest absolute Gasteiger partial charge is 0.464 e. The maximum absolute atomic E-state index is 11.2. The molecule has 0 bridgehead atoms. The molecular formula is C22H39BO4Si. The molecule has 1 heterocycles. The Labute approximate surface area is 173 Å². The average molecular weight is 406 g/mol. The molecule has 1 aliphatic rings. The van der Waals surface area contributed by atoms with Gasteiger partial charge in [-0.25, -0.2) is 0 Å². The molecule has 0 saturated carbocycles. The number of hydrogen-bond acceptors (Lipinski definition) is 4. The van der Waals surface area contributed by atoms with Crippen molar-refractivity contribution in [2.24, 2.45) is 0 Å². The van der Waals surface area contributed by atoms with Gasteiger partial charge in [-0.15, -0.1) is 0 Å². The fraction of sp³-hybridized carbons (Fsp3) is 0.727. The van der Waals surface area contributed by atoms with Gasteiger partial charge in [-0.05, 0) is 57.8 Å².